The molecule has 1 atom stereocenters. The maximum Gasteiger partial charge on any atom is 0.147 e. The molecule has 0 amide bonds. The van der Waals surface area contributed by atoms with Crippen LogP contribution in [-0.4, -0.2) is 34.8 Å². The highest BCUT2D eigenvalue weighted by Crippen LogP contribution is 2.21. The number of hydrogen-bond acceptors (Lipinski definition) is 4. The van der Waals surface area contributed by atoms with Gasteiger partial charge in [-0.15, -0.1) is 0 Å². The van der Waals surface area contributed by atoms with Crippen LogP contribution in [0.4, 0.5) is 5.82 Å². The first-order valence-electron chi connectivity index (χ1n) is 5.13. The molecule has 0 radical (unpaired) electrons. The number of aliphatic hydroxyl groups excluding tert-OH is 1. The van der Waals surface area contributed by atoms with E-state index in [1.807, 2.05) is 0 Å². The van der Waals surface area contributed by atoms with Crippen molar-refractivity contribution in [2.75, 3.05) is 24.6 Å². The Bertz CT molecular complexity index is 317. The summed E-state index contributed by atoms with van der Waals surface area (Å²) in [6, 6.07) is 0. The van der Waals surface area contributed by atoms with Crippen LogP contribution in [0, 0.1) is 5.92 Å². The van der Waals surface area contributed by atoms with E-state index in [4.69, 9.17) is 5.11 Å². The third kappa shape index (κ3) is 2.66. The largest absolute Gasteiger partial charge is 0.396 e. The Morgan fingerprint density at radius 1 is 1.47 bits per heavy atom. The fourth-order valence-electron chi connectivity index (χ4n) is 1.89. The maximum absolute atomic E-state index is 9.13. The van der Waals surface area contributed by atoms with E-state index in [1.54, 1.807) is 12.4 Å². The zero-order valence-electron chi connectivity index (χ0n) is 8.43. The quantitative estimate of drug-likeness (QED) is 0.885. The van der Waals surface area contributed by atoms with Gasteiger partial charge in [-0.1, -0.05) is 0 Å². The summed E-state index contributed by atoms with van der Waals surface area (Å²) in [5.74, 6) is 1.28. The van der Waals surface area contributed by atoms with Gasteiger partial charge in [-0.05, 0) is 34.7 Å². The van der Waals surface area contributed by atoms with Crippen molar-refractivity contribution in [2.24, 2.45) is 5.92 Å². The van der Waals surface area contributed by atoms with Crippen molar-refractivity contribution in [3.05, 3.63) is 17.0 Å². The molecule has 2 rings (SSSR count). The van der Waals surface area contributed by atoms with Crippen molar-refractivity contribution in [1.29, 1.82) is 0 Å². The first-order chi connectivity index (χ1) is 7.29. The van der Waals surface area contributed by atoms with Crippen LogP contribution >= 0.6 is 15.9 Å². The number of piperidine rings is 1. The molecule has 2 heterocycles. The van der Waals surface area contributed by atoms with Crippen LogP contribution in [-0.2, 0) is 0 Å². The van der Waals surface area contributed by atoms with Gasteiger partial charge in [0.1, 0.15) is 10.4 Å². The molecule has 1 aliphatic rings. The fourth-order valence-corrected chi connectivity index (χ4v) is 2.10. The molecule has 1 aromatic rings. The molecule has 1 saturated heterocycles. The van der Waals surface area contributed by atoms with Gasteiger partial charge in [0, 0.05) is 19.7 Å². The highest BCUT2D eigenvalue weighted by molar-refractivity contribution is 9.10. The lowest BCUT2D eigenvalue weighted by Gasteiger charge is -2.32. The lowest BCUT2D eigenvalue weighted by atomic mass is 9.99. The second-order valence-electron chi connectivity index (χ2n) is 3.83. The summed E-state index contributed by atoms with van der Waals surface area (Å²) in [5.41, 5.74) is 0. The van der Waals surface area contributed by atoms with E-state index in [2.05, 4.69) is 30.8 Å². The summed E-state index contributed by atoms with van der Waals surface area (Å²) in [7, 11) is 0. The summed E-state index contributed by atoms with van der Waals surface area (Å²) in [6.45, 7) is 2.15. The second-order valence-corrected chi connectivity index (χ2v) is 4.65. The van der Waals surface area contributed by atoms with E-state index in [0.717, 1.165) is 36.4 Å². The highest BCUT2D eigenvalue weighted by atomic mass is 79.9. The molecule has 0 spiro atoms. The monoisotopic (exact) mass is 271 g/mol. The van der Waals surface area contributed by atoms with Gasteiger partial charge in [-0.2, -0.15) is 0 Å². The predicted molar refractivity (Wildman–Crippen MR) is 61.8 cm³/mol. The SMILES string of the molecule is OCC1CCCN(c2cnc(Br)cn2)C1. The number of anilines is 1. The summed E-state index contributed by atoms with van der Waals surface area (Å²) in [6.07, 6.45) is 5.70. The summed E-state index contributed by atoms with van der Waals surface area (Å²) in [5, 5.41) is 9.13. The fraction of sp³-hybridized carbons (Fsp3) is 0.600. The van der Waals surface area contributed by atoms with Crippen molar-refractivity contribution in [1.82, 2.24) is 9.97 Å². The van der Waals surface area contributed by atoms with E-state index in [1.165, 1.54) is 0 Å². The lowest BCUT2D eigenvalue weighted by molar-refractivity contribution is 0.208. The Kier molecular flexibility index (Phi) is 3.53. The first kappa shape index (κ1) is 10.8. The molecule has 0 saturated carbocycles. The van der Waals surface area contributed by atoms with Gasteiger partial charge in [0.05, 0.1) is 12.4 Å². The molecule has 0 aliphatic carbocycles. The van der Waals surface area contributed by atoms with Gasteiger partial charge in [0.15, 0.2) is 0 Å². The van der Waals surface area contributed by atoms with Crippen molar-refractivity contribution >= 4 is 21.7 Å². The van der Waals surface area contributed by atoms with Crippen LogP contribution in [0.3, 0.4) is 0 Å². The molecular formula is C10H14BrN3O. The lowest BCUT2D eigenvalue weighted by Crippen LogP contribution is -2.37. The number of aliphatic hydroxyl groups is 1. The van der Waals surface area contributed by atoms with Gasteiger partial charge in [-0.25, -0.2) is 9.97 Å². The van der Waals surface area contributed by atoms with E-state index in [-0.39, 0.29) is 6.61 Å². The molecular weight excluding hydrogens is 258 g/mol. The second kappa shape index (κ2) is 4.90. The Morgan fingerprint density at radius 3 is 3.00 bits per heavy atom. The van der Waals surface area contributed by atoms with E-state index in [0.29, 0.717) is 5.92 Å². The predicted octanol–water partition coefficient (Wildman–Crippen LogP) is 1.45. The molecule has 1 N–H and O–H groups in total. The molecule has 1 unspecified atom stereocenters. The third-order valence-corrected chi connectivity index (χ3v) is 3.12. The molecule has 5 heteroatoms. The summed E-state index contributed by atoms with van der Waals surface area (Å²) in [4.78, 5) is 10.6. The molecule has 0 bridgehead atoms. The summed E-state index contributed by atoms with van der Waals surface area (Å²) >= 11 is 3.26. The van der Waals surface area contributed by atoms with Gasteiger partial charge >= 0.3 is 0 Å². The smallest absolute Gasteiger partial charge is 0.147 e. The van der Waals surface area contributed by atoms with Crippen molar-refractivity contribution in [3.63, 3.8) is 0 Å². The van der Waals surface area contributed by atoms with Gasteiger partial charge < -0.3 is 10.0 Å². The zero-order valence-corrected chi connectivity index (χ0v) is 10.0. The number of rotatable bonds is 2. The van der Waals surface area contributed by atoms with Crippen LogP contribution < -0.4 is 4.90 Å². The number of aromatic nitrogens is 2. The number of hydrogen-bond donors (Lipinski definition) is 1. The Morgan fingerprint density at radius 2 is 2.33 bits per heavy atom. The average Bonchev–Trinajstić information content (AvgIpc) is 2.30. The normalized spacial score (nSPS) is 21.7. The van der Waals surface area contributed by atoms with Crippen molar-refractivity contribution in [2.45, 2.75) is 12.8 Å². The minimum Gasteiger partial charge on any atom is -0.396 e. The van der Waals surface area contributed by atoms with Gasteiger partial charge in [0.2, 0.25) is 0 Å². The van der Waals surface area contributed by atoms with Crippen LogP contribution in [0.1, 0.15) is 12.8 Å². The minimum atomic E-state index is 0.264. The number of nitrogens with zero attached hydrogens (tertiary/aromatic N) is 3. The van der Waals surface area contributed by atoms with Crippen LogP contribution in [0.5, 0.6) is 0 Å². The van der Waals surface area contributed by atoms with E-state index >= 15 is 0 Å². The van der Waals surface area contributed by atoms with Crippen LogP contribution in [0.25, 0.3) is 0 Å². The van der Waals surface area contributed by atoms with E-state index in [9.17, 15) is 0 Å². The Hall–Kier alpha value is -0.680. The Labute approximate surface area is 97.5 Å². The standard InChI is InChI=1S/C10H14BrN3O/c11-9-4-13-10(5-12-9)14-3-1-2-8(6-14)7-15/h4-5,8,15H,1-3,6-7H2. The number of halogens is 1. The topological polar surface area (TPSA) is 49.2 Å². The van der Waals surface area contributed by atoms with Gasteiger partial charge in [0.25, 0.3) is 0 Å². The molecule has 82 valence electrons. The Balaban J connectivity index is 2.06. The molecule has 1 aromatic heterocycles. The zero-order chi connectivity index (χ0) is 10.7. The molecule has 1 aliphatic heterocycles. The van der Waals surface area contributed by atoms with Crippen molar-refractivity contribution in [3.8, 4) is 0 Å². The molecule has 15 heavy (non-hydrogen) atoms. The van der Waals surface area contributed by atoms with Gasteiger partial charge in [-0.3, -0.25) is 0 Å². The molecule has 0 aromatic carbocycles. The average molecular weight is 272 g/mol. The van der Waals surface area contributed by atoms with Crippen LogP contribution in [0.15, 0.2) is 17.0 Å². The highest BCUT2D eigenvalue weighted by Gasteiger charge is 2.20. The molecule has 4 nitrogen and oxygen atoms in total. The third-order valence-electron chi connectivity index (χ3n) is 2.71. The van der Waals surface area contributed by atoms with E-state index < -0.39 is 0 Å². The first-order valence-corrected chi connectivity index (χ1v) is 5.92. The van der Waals surface area contributed by atoms with Crippen LogP contribution in [0.2, 0.25) is 0 Å². The summed E-state index contributed by atoms with van der Waals surface area (Å²) < 4.78 is 0.752. The molecule has 1 fully saturated rings. The maximum atomic E-state index is 9.13. The minimum absolute atomic E-state index is 0.264. The van der Waals surface area contributed by atoms with Crippen molar-refractivity contribution < 1.29 is 5.11 Å².